The lowest BCUT2D eigenvalue weighted by Gasteiger charge is -2.35. The van der Waals surface area contributed by atoms with Crippen LogP contribution >= 0.6 is 11.3 Å². The summed E-state index contributed by atoms with van der Waals surface area (Å²) in [6, 6.07) is 2.24. The molecule has 1 aromatic rings. The number of nitroso groups, excluding NO2 is 1. The minimum Gasteiger partial charge on any atom is -0.465 e. The van der Waals surface area contributed by atoms with Gasteiger partial charge in [0, 0.05) is 18.5 Å². The predicted molar refractivity (Wildman–Crippen MR) is 128 cm³/mol. The molecule has 0 bridgehead atoms. The molecular formula is C24H40N2O3S. The largest absolute Gasteiger partial charge is 0.465 e. The normalized spacial score (nSPS) is 17.7. The molecule has 30 heavy (non-hydrogen) atoms. The molecule has 1 heterocycles. The Morgan fingerprint density at radius 1 is 1.20 bits per heavy atom. The van der Waals surface area contributed by atoms with Crippen LogP contribution in [0.25, 0.3) is 0 Å². The number of hydrogen-bond acceptors (Lipinski definition) is 6. The Bertz CT molecular complexity index is 680. The van der Waals surface area contributed by atoms with Gasteiger partial charge in [0.05, 0.1) is 17.6 Å². The van der Waals surface area contributed by atoms with Crippen molar-refractivity contribution < 1.29 is 9.53 Å². The number of methoxy groups -OCH3 is 1. The molecule has 1 aliphatic rings. The molecule has 0 radical (unpaired) electrons. The van der Waals surface area contributed by atoms with Crippen LogP contribution in [0.4, 0.5) is 5.00 Å². The zero-order valence-corrected chi connectivity index (χ0v) is 20.8. The molecule has 1 aromatic heterocycles. The summed E-state index contributed by atoms with van der Waals surface area (Å²) in [6.45, 7) is 15.9. The lowest BCUT2D eigenvalue weighted by atomic mass is 9.82. The number of anilines is 1. The summed E-state index contributed by atoms with van der Waals surface area (Å²) in [5.74, 6) is 8.02. The molecule has 1 fully saturated rings. The van der Waals surface area contributed by atoms with Gasteiger partial charge in [-0.05, 0) is 44.6 Å². The van der Waals surface area contributed by atoms with Gasteiger partial charge in [-0.2, -0.15) is 4.91 Å². The van der Waals surface area contributed by atoms with Gasteiger partial charge in [0.25, 0.3) is 0 Å². The van der Waals surface area contributed by atoms with E-state index in [0.29, 0.717) is 23.4 Å². The molecule has 0 amide bonds. The Morgan fingerprint density at radius 2 is 1.77 bits per heavy atom. The van der Waals surface area contributed by atoms with Crippen LogP contribution in [0.2, 0.25) is 0 Å². The van der Waals surface area contributed by atoms with Gasteiger partial charge >= 0.3 is 5.97 Å². The molecule has 0 saturated heterocycles. The highest BCUT2D eigenvalue weighted by Gasteiger charge is 2.27. The van der Waals surface area contributed by atoms with E-state index < -0.39 is 0 Å². The summed E-state index contributed by atoms with van der Waals surface area (Å²) in [4.78, 5) is 23.2. The second kappa shape index (κ2) is 15.0. The van der Waals surface area contributed by atoms with Crippen LogP contribution in [0.15, 0.2) is 6.07 Å². The Balaban J connectivity index is 0.00000198. The molecule has 0 spiro atoms. The maximum Gasteiger partial charge on any atom is 0.340 e. The fourth-order valence-electron chi connectivity index (χ4n) is 3.45. The molecule has 0 unspecified atom stereocenters. The van der Waals surface area contributed by atoms with Crippen molar-refractivity contribution in [2.45, 2.75) is 80.2 Å². The second-order valence-electron chi connectivity index (χ2n) is 8.12. The number of carbonyl (C=O) groups excluding carboxylic acids is 1. The molecule has 1 saturated carbocycles. The Labute approximate surface area is 187 Å². The standard InChI is InChI=1S/C22H33NO2S.C2H6.HNO/c1-15(2)7-12-19-13-20(22(24)25-6)21(26-19)23(16(3)4)14-18-10-8-17(5)9-11-18;2*1-2/h13,15-18H,8-11,14H2,1-6H3;1-2H3;1H. The maximum atomic E-state index is 12.4. The summed E-state index contributed by atoms with van der Waals surface area (Å²) in [6.07, 6.45) is 5.19. The first-order chi connectivity index (χ1) is 14.3. The Hall–Kier alpha value is -1.87. The van der Waals surface area contributed by atoms with Crippen molar-refractivity contribution in [1.82, 2.24) is 0 Å². The van der Waals surface area contributed by atoms with Crippen molar-refractivity contribution in [3.05, 3.63) is 21.4 Å². The quantitative estimate of drug-likeness (QED) is 0.308. The van der Waals surface area contributed by atoms with Crippen LogP contribution in [0, 0.1) is 40.1 Å². The van der Waals surface area contributed by atoms with Crippen LogP contribution in [0.3, 0.4) is 0 Å². The zero-order valence-electron chi connectivity index (χ0n) is 20.0. The van der Waals surface area contributed by atoms with E-state index >= 15 is 0 Å². The summed E-state index contributed by atoms with van der Waals surface area (Å²) < 4.78 is 5.04. The summed E-state index contributed by atoms with van der Waals surface area (Å²) in [5.41, 5.74) is 5.16. The third-order valence-electron chi connectivity index (χ3n) is 5.08. The molecule has 1 aliphatic carbocycles. The molecule has 2 rings (SSSR count). The number of nitrogens with zero attached hydrogens (tertiary/aromatic N) is 1. The van der Waals surface area contributed by atoms with Crippen molar-refractivity contribution >= 4 is 22.3 Å². The van der Waals surface area contributed by atoms with Crippen LogP contribution in [-0.4, -0.2) is 25.7 Å². The average molecular weight is 437 g/mol. The van der Waals surface area contributed by atoms with Crippen molar-refractivity contribution in [3.8, 4) is 11.8 Å². The van der Waals surface area contributed by atoms with Gasteiger partial charge in [-0.3, -0.25) is 0 Å². The first-order valence-corrected chi connectivity index (χ1v) is 11.8. The van der Waals surface area contributed by atoms with Gasteiger partial charge in [0.1, 0.15) is 5.00 Å². The van der Waals surface area contributed by atoms with Crippen molar-refractivity contribution in [3.63, 3.8) is 0 Å². The Morgan fingerprint density at radius 3 is 2.23 bits per heavy atom. The lowest BCUT2D eigenvalue weighted by Crippen LogP contribution is -2.37. The smallest absolute Gasteiger partial charge is 0.340 e. The fraction of sp³-hybridized carbons (Fsp3) is 0.708. The summed E-state index contributed by atoms with van der Waals surface area (Å²) in [7, 11) is 1.45. The number of esters is 1. The van der Waals surface area contributed by atoms with Gasteiger partial charge in [-0.1, -0.05) is 64.9 Å². The van der Waals surface area contributed by atoms with E-state index in [4.69, 9.17) is 9.64 Å². The van der Waals surface area contributed by atoms with Crippen LogP contribution in [0.5, 0.6) is 0 Å². The van der Waals surface area contributed by atoms with Crippen molar-refractivity contribution in [2.75, 3.05) is 18.6 Å². The first kappa shape index (κ1) is 28.1. The van der Waals surface area contributed by atoms with Crippen molar-refractivity contribution in [1.29, 1.82) is 5.59 Å². The first-order valence-electron chi connectivity index (χ1n) is 11.0. The molecule has 0 atom stereocenters. The fourth-order valence-corrected chi connectivity index (χ4v) is 4.60. The summed E-state index contributed by atoms with van der Waals surface area (Å²) >= 11 is 1.62. The molecule has 1 N–H and O–H groups in total. The van der Waals surface area contributed by atoms with Gasteiger partial charge in [-0.25, -0.2) is 4.79 Å². The third-order valence-corrected chi connectivity index (χ3v) is 6.16. The maximum absolute atomic E-state index is 12.4. The minimum absolute atomic E-state index is 0.267. The minimum atomic E-state index is -0.267. The topological polar surface area (TPSA) is 70.5 Å². The number of rotatable bonds is 5. The van der Waals surface area contributed by atoms with Crippen LogP contribution in [0.1, 0.15) is 89.4 Å². The monoisotopic (exact) mass is 436 g/mol. The number of hydrogen-bond donors (Lipinski definition) is 1. The van der Waals surface area contributed by atoms with Gasteiger partial charge < -0.3 is 9.64 Å². The number of nitrogens with one attached hydrogen (secondary N) is 1. The zero-order chi connectivity index (χ0) is 23.3. The highest BCUT2D eigenvalue weighted by atomic mass is 32.1. The Kier molecular flexibility index (Phi) is 14.1. The predicted octanol–water partition coefficient (Wildman–Crippen LogP) is 6.94. The van der Waals surface area contributed by atoms with Gasteiger partial charge in [0.15, 0.2) is 0 Å². The molecular weight excluding hydrogens is 396 g/mol. The summed E-state index contributed by atoms with van der Waals surface area (Å²) in [5, 5.41) is 1.01. The van der Waals surface area contributed by atoms with E-state index in [-0.39, 0.29) is 5.97 Å². The van der Waals surface area contributed by atoms with Crippen LogP contribution in [-0.2, 0) is 4.74 Å². The van der Waals surface area contributed by atoms with E-state index in [2.05, 4.69) is 57.0 Å². The van der Waals surface area contributed by atoms with Crippen molar-refractivity contribution in [2.24, 2.45) is 17.8 Å². The molecule has 5 nitrogen and oxygen atoms in total. The van der Waals surface area contributed by atoms with E-state index in [1.807, 2.05) is 19.9 Å². The third kappa shape index (κ3) is 8.87. The molecule has 0 aliphatic heterocycles. The molecule has 0 aromatic carbocycles. The lowest BCUT2D eigenvalue weighted by molar-refractivity contribution is 0.0602. The second-order valence-corrected chi connectivity index (χ2v) is 9.15. The number of thiophene rings is 1. The highest BCUT2D eigenvalue weighted by Crippen LogP contribution is 2.36. The van der Waals surface area contributed by atoms with Crippen LogP contribution < -0.4 is 4.90 Å². The van der Waals surface area contributed by atoms with E-state index in [1.165, 1.54) is 32.8 Å². The van der Waals surface area contributed by atoms with E-state index in [9.17, 15) is 4.79 Å². The van der Waals surface area contributed by atoms with Gasteiger partial charge in [0.2, 0.25) is 0 Å². The number of carbonyl (C=O) groups is 1. The molecule has 170 valence electrons. The number of ether oxygens (including phenoxy) is 1. The van der Waals surface area contributed by atoms with E-state index in [0.717, 1.165) is 22.3 Å². The molecule has 6 heteroatoms. The van der Waals surface area contributed by atoms with E-state index in [1.54, 1.807) is 11.3 Å². The highest BCUT2D eigenvalue weighted by molar-refractivity contribution is 7.17. The SMILES string of the molecule is CC.COC(=O)c1cc(C#CC(C)C)sc1N(CC1CCC(C)CC1)C(C)C.N=O. The van der Waals surface area contributed by atoms with Gasteiger partial charge in [-0.15, -0.1) is 11.3 Å². The average Bonchev–Trinajstić information content (AvgIpc) is 3.17.